The van der Waals surface area contributed by atoms with Gasteiger partial charge in [-0.1, -0.05) is 31.5 Å². The number of carbonyl (C=O) groups is 1. The fourth-order valence-electron chi connectivity index (χ4n) is 2.58. The van der Waals surface area contributed by atoms with Crippen molar-refractivity contribution >= 4 is 11.6 Å². The number of hydrogen-bond donors (Lipinski definition) is 2. The van der Waals surface area contributed by atoms with Gasteiger partial charge in [0.05, 0.1) is 6.54 Å². The molecule has 1 saturated carbocycles. The van der Waals surface area contributed by atoms with Crippen molar-refractivity contribution in [1.82, 2.24) is 5.32 Å². The van der Waals surface area contributed by atoms with E-state index < -0.39 is 0 Å². The van der Waals surface area contributed by atoms with E-state index in [0.29, 0.717) is 12.0 Å². The van der Waals surface area contributed by atoms with Crippen LogP contribution in [0.15, 0.2) is 18.2 Å². The average molecular weight is 289 g/mol. The van der Waals surface area contributed by atoms with Gasteiger partial charge >= 0.3 is 0 Å². The summed E-state index contributed by atoms with van der Waals surface area (Å²) in [7, 11) is 0. The number of benzene rings is 1. The van der Waals surface area contributed by atoms with Gasteiger partial charge in [-0.15, -0.1) is 0 Å². The Labute approximate surface area is 127 Å². The van der Waals surface area contributed by atoms with Crippen LogP contribution < -0.4 is 16.0 Å². The summed E-state index contributed by atoms with van der Waals surface area (Å²) in [6, 6.07) is 7.10. The van der Waals surface area contributed by atoms with Crippen molar-refractivity contribution in [3.8, 4) is 0 Å². The first-order valence-electron chi connectivity index (χ1n) is 7.82. The summed E-state index contributed by atoms with van der Waals surface area (Å²) in [5.74, 6) is 0.201. The Bertz CT molecular complexity index is 495. The summed E-state index contributed by atoms with van der Waals surface area (Å²) < 4.78 is 0. The molecular weight excluding hydrogens is 262 g/mol. The van der Waals surface area contributed by atoms with Crippen molar-refractivity contribution in [3.63, 3.8) is 0 Å². The molecule has 1 amide bonds. The minimum absolute atomic E-state index is 0.275. The van der Waals surface area contributed by atoms with Gasteiger partial charge in [0.1, 0.15) is 0 Å². The third kappa shape index (κ3) is 5.05. The van der Waals surface area contributed by atoms with Crippen molar-refractivity contribution in [2.45, 2.75) is 46.2 Å². The van der Waals surface area contributed by atoms with Crippen LogP contribution in [0.5, 0.6) is 0 Å². The number of hydrogen-bond acceptors (Lipinski definition) is 3. The van der Waals surface area contributed by atoms with Crippen molar-refractivity contribution in [3.05, 3.63) is 29.3 Å². The molecule has 0 bridgehead atoms. The van der Waals surface area contributed by atoms with Crippen molar-refractivity contribution in [2.24, 2.45) is 11.7 Å². The largest absolute Gasteiger partial charge is 0.368 e. The molecule has 21 heavy (non-hydrogen) atoms. The number of primary amides is 1. The zero-order chi connectivity index (χ0) is 15.4. The predicted octanol–water partition coefficient (Wildman–Crippen LogP) is 2.19. The number of nitrogens with one attached hydrogen (secondary N) is 1. The molecular formula is C17H27N3O. The quantitative estimate of drug-likeness (QED) is 0.771. The summed E-state index contributed by atoms with van der Waals surface area (Å²) in [6.45, 7) is 8.38. The SMILES string of the molecule is Cc1ccc(N(CC(N)=O)CC(C)C)c(CNC2CC2)c1. The Balaban J connectivity index is 2.20. The summed E-state index contributed by atoms with van der Waals surface area (Å²) in [5, 5.41) is 3.56. The highest BCUT2D eigenvalue weighted by molar-refractivity contribution is 5.80. The van der Waals surface area contributed by atoms with Crippen LogP contribution in [0.3, 0.4) is 0 Å². The minimum atomic E-state index is -0.280. The zero-order valence-electron chi connectivity index (χ0n) is 13.4. The second-order valence-electron chi connectivity index (χ2n) is 6.53. The standard InChI is InChI=1S/C17H27N3O/c1-12(2)10-20(11-17(18)21)16-7-4-13(3)8-14(16)9-19-15-5-6-15/h4,7-8,12,15,19H,5-6,9-11H2,1-3H3,(H2,18,21). The van der Waals surface area contributed by atoms with Crippen LogP contribution in [0.4, 0.5) is 5.69 Å². The molecule has 3 N–H and O–H groups in total. The van der Waals surface area contributed by atoms with Gasteiger partial charge in [-0.3, -0.25) is 4.79 Å². The smallest absolute Gasteiger partial charge is 0.236 e. The van der Waals surface area contributed by atoms with E-state index in [1.165, 1.54) is 24.0 Å². The molecule has 1 aromatic carbocycles. The maximum absolute atomic E-state index is 11.4. The molecule has 0 heterocycles. The Morgan fingerprint density at radius 2 is 2.14 bits per heavy atom. The molecule has 0 aromatic heterocycles. The molecule has 0 saturated heterocycles. The number of aryl methyl sites for hydroxylation is 1. The molecule has 0 atom stereocenters. The molecule has 4 heteroatoms. The minimum Gasteiger partial charge on any atom is -0.368 e. The Hall–Kier alpha value is -1.55. The highest BCUT2D eigenvalue weighted by Crippen LogP contribution is 2.25. The molecule has 4 nitrogen and oxygen atoms in total. The van der Waals surface area contributed by atoms with Crippen LogP contribution in [0, 0.1) is 12.8 Å². The first kappa shape index (κ1) is 15.8. The van der Waals surface area contributed by atoms with Crippen molar-refractivity contribution in [2.75, 3.05) is 18.0 Å². The molecule has 0 spiro atoms. The van der Waals surface area contributed by atoms with Gasteiger partial charge < -0.3 is 16.0 Å². The topological polar surface area (TPSA) is 58.4 Å². The summed E-state index contributed by atoms with van der Waals surface area (Å²) in [4.78, 5) is 13.5. The lowest BCUT2D eigenvalue weighted by Gasteiger charge is -2.28. The number of rotatable bonds is 8. The van der Waals surface area contributed by atoms with E-state index in [-0.39, 0.29) is 12.5 Å². The number of nitrogens with two attached hydrogens (primary N) is 1. The third-order valence-electron chi connectivity index (χ3n) is 3.67. The van der Waals surface area contributed by atoms with E-state index >= 15 is 0 Å². The second-order valence-corrected chi connectivity index (χ2v) is 6.53. The van der Waals surface area contributed by atoms with Crippen LogP contribution >= 0.6 is 0 Å². The predicted molar refractivity (Wildman–Crippen MR) is 87.3 cm³/mol. The van der Waals surface area contributed by atoms with Crippen LogP contribution in [-0.4, -0.2) is 25.0 Å². The van der Waals surface area contributed by atoms with Gasteiger partial charge in [-0.2, -0.15) is 0 Å². The van der Waals surface area contributed by atoms with Crippen molar-refractivity contribution < 1.29 is 4.79 Å². The van der Waals surface area contributed by atoms with E-state index in [1.807, 2.05) is 0 Å². The van der Waals surface area contributed by atoms with Crippen LogP contribution in [-0.2, 0) is 11.3 Å². The highest BCUT2D eigenvalue weighted by atomic mass is 16.1. The third-order valence-corrected chi connectivity index (χ3v) is 3.67. The maximum atomic E-state index is 11.4. The van der Waals surface area contributed by atoms with Crippen molar-refractivity contribution in [1.29, 1.82) is 0 Å². The monoisotopic (exact) mass is 289 g/mol. The van der Waals surface area contributed by atoms with Gasteiger partial charge in [0.2, 0.25) is 5.91 Å². The lowest BCUT2D eigenvalue weighted by atomic mass is 10.1. The number of nitrogens with zero attached hydrogens (tertiary/aromatic N) is 1. The first-order valence-corrected chi connectivity index (χ1v) is 7.82. The fraction of sp³-hybridized carbons (Fsp3) is 0.588. The lowest BCUT2D eigenvalue weighted by Crippen LogP contribution is -2.37. The summed E-state index contributed by atoms with van der Waals surface area (Å²) in [5.41, 5.74) is 9.05. The van der Waals surface area contributed by atoms with Crippen LogP contribution in [0.1, 0.15) is 37.8 Å². The number of amides is 1. The van der Waals surface area contributed by atoms with Gasteiger partial charge in [0.15, 0.2) is 0 Å². The first-order chi connectivity index (χ1) is 9.95. The fourth-order valence-corrected chi connectivity index (χ4v) is 2.58. The van der Waals surface area contributed by atoms with Crippen LogP contribution in [0.2, 0.25) is 0 Å². The molecule has 1 aromatic rings. The van der Waals surface area contributed by atoms with E-state index in [2.05, 4.69) is 49.2 Å². The van der Waals surface area contributed by atoms with E-state index in [0.717, 1.165) is 18.8 Å². The Morgan fingerprint density at radius 1 is 1.43 bits per heavy atom. The average Bonchev–Trinajstić information content (AvgIpc) is 3.18. The molecule has 0 aliphatic heterocycles. The van der Waals surface area contributed by atoms with Gasteiger partial charge in [-0.25, -0.2) is 0 Å². The highest BCUT2D eigenvalue weighted by Gasteiger charge is 2.21. The Morgan fingerprint density at radius 3 is 2.71 bits per heavy atom. The molecule has 2 rings (SSSR count). The van der Waals surface area contributed by atoms with Gasteiger partial charge in [0.25, 0.3) is 0 Å². The second kappa shape index (κ2) is 6.94. The molecule has 116 valence electrons. The Kier molecular flexibility index (Phi) is 5.23. The van der Waals surface area contributed by atoms with E-state index in [4.69, 9.17) is 5.73 Å². The van der Waals surface area contributed by atoms with Gasteiger partial charge in [0, 0.05) is 24.8 Å². The normalized spacial score (nSPS) is 14.5. The zero-order valence-corrected chi connectivity index (χ0v) is 13.4. The summed E-state index contributed by atoms with van der Waals surface area (Å²) in [6.07, 6.45) is 2.55. The molecule has 1 fully saturated rings. The van der Waals surface area contributed by atoms with Gasteiger partial charge in [-0.05, 0) is 37.3 Å². The molecule has 1 aliphatic carbocycles. The maximum Gasteiger partial charge on any atom is 0.236 e. The summed E-state index contributed by atoms with van der Waals surface area (Å²) >= 11 is 0. The van der Waals surface area contributed by atoms with E-state index in [1.54, 1.807) is 0 Å². The number of carbonyl (C=O) groups excluding carboxylic acids is 1. The number of anilines is 1. The molecule has 0 radical (unpaired) electrons. The molecule has 1 aliphatic rings. The van der Waals surface area contributed by atoms with Crippen LogP contribution in [0.25, 0.3) is 0 Å². The van der Waals surface area contributed by atoms with E-state index in [9.17, 15) is 4.79 Å². The molecule has 0 unspecified atom stereocenters. The lowest BCUT2D eigenvalue weighted by molar-refractivity contribution is -0.116.